The van der Waals surface area contributed by atoms with Gasteiger partial charge < -0.3 is 10.4 Å². The van der Waals surface area contributed by atoms with Gasteiger partial charge in [-0.15, -0.1) is 0 Å². The molecule has 0 bridgehead atoms. The van der Waals surface area contributed by atoms with Gasteiger partial charge in [0.25, 0.3) is 0 Å². The number of halogens is 2. The Hall–Kier alpha value is -1.43. The predicted octanol–water partition coefficient (Wildman–Crippen LogP) is 3.34. The van der Waals surface area contributed by atoms with Crippen LogP contribution in [0.2, 0.25) is 0 Å². The van der Waals surface area contributed by atoms with Crippen molar-refractivity contribution >= 4 is 33.5 Å². The molecule has 4 nitrogen and oxygen atoms in total. The van der Waals surface area contributed by atoms with Crippen LogP contribution in [0.25, 0.3) is 0 Å². The Labute approximate surface area is 119 Å². The van der Waals surface area contributed by atoms with Gasteiger partial charge in [0.05, 0.1) is 4.47 Å². The molecule has 6 heteroatoms. The summed E-state index contributed by atoms with van der Waals surface area (Å²) in [5.41, 5.74) is 1.13. The number of aliphatic carboxylic acids is 1. The van der Waals surface area contributed by atoms with E-state index in [0.717, 1.165) is 0 Å². The molecule has 0 aliphatic carbocycles. The Kier molecular flexibility index (Phi) is 5.47. The van der Waals surface area contributed by atoms with E-state index in [4.69, 9.17) is 5.11 Å². The number of aryl methyl sites for hydroxylation is 1. The highest BCUT2D eigenvalue weighted by molar-refractivity contribution is 9.10. The van der Waals surface area contributed by atoms with Crippen LogP contribution in [0.4, 0.5) is 10.1 Å². The van der Waals surface area contributed by atoms with Gasteiger partial charge in [-0.1, -0.05) is 6.92 Å². The highest BCUT2D eigenvalue weighted by Crippen LogP contribution is 2.24. The van der Waals surface area contributed by atoms with Crippen molar-refractivity contribution in [3.63, 3.8) is 0 Å². The molecule has 0 aliphatic rings. The van der Waals surface area contributed by atoms with E-state index in [2.05, 4.69) is 21.2 Å². The summed E-state index contributed by atoms with van der Waals surface area (Å²) in [5.74, 6) is -1.85. The van der Waals surface area contributed by atoms with Gasteiger partial charge in [0.1, 0.15) is 5.82 Å². The molecule has 1 unspecified atom stereocenters. The second-order valence-electron chi connectivity index (χ2n) is 4.54. The molecule has 104 valence electrons. The minimum absolute atomic E-state index is 0.0560. The van der Waals surface area contributed by atoms with Crippen LogP contribution < -0.4 is 5.32 Å². The fourth-order valence-electron chi connectivity index (χ4n) is 1.67. The summed E-state index contributed by atoms with van der Waals surface area (Å²) < 4.78 is 13.5. The molecule has 19 heavy (non-hydrogen) atoms. The topological polar surface area (TPSA) is 66.4 Å². The average molecular weight is 332 g/mol. The van der Waals surface area contributed by atoms with Gasteiger partial charge in [-0.2, -0.15) is 0 Å². The number of amides is 1. The number of carboxylic acid groups (broad SMARTS) is 1. The van der Waals surface area contributed by atoms with Gasteiger partial charge in [-0.3, -0.25) is 9.59 Å². The summed E-state index contributed by atoms with van der Waals surface area (Å²) in [5, 5.41) is 11.3. The molecular formula is C13H15BrFNO3. The molecule has 1 rings (SSSR count). The quantitative estimate of drug-likeness (QED) is 0.869. The number of anilines is 1. The number of carboxylic acids is 1. The highest BCUT2D eigenvalue weighted by Gasteiger charge is 2.14. The summed E-state index contributed by atoms with van der Waals surface area (Å²) in [4.78, 5) is 22.2. The molecule has 1 atom stereocenters. The van der Waals surface area contributed by atoms with Crippen molar-refractivity contribution in [2.24, 2.45) is 5.92 Å². The number of nitrogens with one attached hydrogen (secondary N) is 1. The lowest BCUT2D eigenvalue weighted by molar-refractivity contribution is -0.138. The summed E-state index contributed by atoms with van der Waals surface area (Å²) in [6.07, 6.45) is 0.0558. The van der Waals surface area contributed by atoms with Gasteiger partial charge in [0, 0.05) is 18.5 Å². The van der Waals surface area contributed by atoms with Gasteiger partial charge in [0.15, 0.2) is 0 Å². The first kappa shape index (κ1) is 15.6. The van der Waals surface area contributed by atoms with Crippen LogP contribution in [0.3, 0.4) is 0 Å². The van der Waals surface area contributed by atoms with E-state index in [9.17, 15) is 14.0 Å². The van der Waals surface area contributed by atoms with E-state index in [1.807, 2.05) is 0 Å². The van der Waals surface area contributed by atoms with E-state index in [-0.39, 0.29) is 29.1 Å². The molecule has 0 saturated carbocycles. The largest absolute Gasteiger partial charge is 0.481 e. The van der Waals surface area contributed by atoms with Crippen LogP contribution in [0.5, 0.6) is 0 Å². The molecule has 1 aromatic rings. The SMILES string of the molecule is Cc1cc(F)c(Br)cc1NC(=O)CC(C)CC(=O)O. The molecule has 0 saturated heterocycles. The van der Waals surface area contributed by atoms with Gasteiger partial charge in [-0.25, -0.2) is 4.39 Å². The number of carbonyl (C=O) groups is 2. The number of benzene rings is 1. The van der Waals surface area contributed by atoms with Crippen molar-refractivity contribution in [1.82, 2.24) is 0 Å². The van der Waals surface area contributed by atoms with Crippen molar-refractivity contribution in [1.29, 1.82) is 0 Å². The smallest absolute Gasteiger partial charge is 0.303 e. The average Bonchev–Trinajstić information content (AvgIpc) is 2.24. The van der Waals surface area contributed by atoms with E-state index < -0.39 is 11.8 Å². The first-order chi connectivity index (χ1) is 8.79. The zero-order chi connectivity index (χ0) is 14.6. The standard InChI is InChI=1S/C13H15BrFNO3/c1-7(4-13(18)19)3-12(17)16-11-6-9(14)10(15)5-8(11)2/h5-7H,3-4H2,1-2H3,(H,16,17)(H,18,19). The Morgan fingerprint density at radius 3 is 2.63 bits per heavy atom. The molecule has 2 N–H and O–H groups in total. The van der Waals surface area contributed by atoms with Crippen LogP contribution in [0, 0.1) is 18.7 Å². The number of hydrogen-bond donors (Lipinski definition) is 2. The number of carbonyl (C=O) groups excluding carboxylic acids is 1. The molecule has 1 amide bonds. The lowest BCUT2D eigenvalue weighted by atomic mass is 10.0. The predicted molar refractivity (Wildman–Crippen MR) is 73.5 cm³/mol. The van der Waals surface area contributed by atoms with Crippen LogP contribution in [0.15, 0.2) is 16.6 Å². The number of hydrogen-bond acceptors (Lipinski definition) is 2. The molecular weight excluding hydrogens is 317 g/mol. The van der Waals surface area contributed by atoms with Gasteiger partial charge in [0.2, 0.25) is 5.91 Å². The molecule has 0 fully saturated rings. The van der Waals surface area contributed by atoms with Crippen molar-refractivity contribution in [2.45, 2.75) is 26.7 Å². The Morgan fingerprint density at radius 2 is 2.05 bits per heavy atom. The minimum atomic E-state index is -0.930. The zero-order valence-electron chi connectivity index (χ0n) is 10.7. The molecule has 0 aromatic heterocycles. The Balaban J connectivity index is 2.67. The third-order valence-electron chi connectivity index (χ3n) is 2.60. The van der Waals surface area contributed by atoms with Crippen LogP contribution in [0.1, 0.15) is 25.3 Å². The number of rotatable bonds is 5. The summed E-state index contributed by atoms with van der Waals surface area (Å²) in [6.45, 7) is 3.38. The molecule has 1 aromatic carbocycles. The van der Waals surface area contributed by atoms with Crippen molar-refractivity contribution in [3.05, 3.63) is 28.0 Å². The lowest BCUT2D eigenvalue weighted by Gasteiger charge is -2.12. The van der Waals surface area contributed by atoms with E-state index in [1.165, 1.54) is 12.1 Å². The third kappa shape index (κ3) is 4.98. The summed E-state index contributed by atoms with van der Waals surface area (Å²) in [7, 11) is 0. The fraction of sp³-hybridized carbons (Fsp3) is 0.385. The van der Waals surface area contributed by atoms with E-state index in [1.54, 1.807) is 13.8 Å². The second-order valence-corrected chi connectivity index (χ2v) is 5.39. The maximum atomic E-state index is 13.2. The summed E-state index contributed by atoms with van der Waals surface area (Å²) >= 11 is 3.05. The highest BCUT2D eigenvalue weighted by atomic mass is 79.9. The van der Waals surface area contributed by atoms with Crippen LogP contribution >= 0.6 is 15.9 Å². The zero-order valence-corrected chi connectivity index (χ0v) is 12.3. The third-order valence-corrected chi connectivity index (χ3v) is 3.21. The Bertz CT molecular complexity index is 505. The molecule has 0 spiro atoms. The maximum Gasteiger partial charge on any atom is 0.303 e. The Morgan fingerprint density at radius 1 is 1.42 bits per heavy atom. The van der Waals surface area contributed by atoms with Crippen LogP contribution in [-0.4, -0.2) is 17.0 Å². The first-order valence-corrected chi connectivity index (χ1v) is 6.56. The molecule has 0 heterocycles. The normalized spacial score (nSPS) is 12.0. The molecule has 0 radical (unpaired) electrons. The first-order valence-electron chi connectivity index (χ1n) is 5.77. The lowest BCUT2D eigenvalue weighted by Crippen LogP contribution is -2.17. The van der Waals surface area contributed by atoms with E-state index >= 15 is 0 Å². The fourth-order valence-corrected chi connectivity index (χ4v) is 2.01. The molecule has 0 aliphatic heterocycles. The van der Waals surface area contributed by atoms with Crippen molar-refractivity contribution in [2.75, 3.05) is 5.32 Å². The second kappa shape index (κ2) is 6.65. The summed E-state index contributed by atoms with van der Waals surface area (Å²) in [6, 6.07) is 2.81. The van der Waals surface area contributed by atoms with Crippen LogP contribution in [-0.2, 0) is 9.59 Å². The monoisotopic (exact) mass is 331 g/mol. The van der Waals surface area contributed by atoms with Gasteiger partial charge in [-0.05, 0) is 46.5 Å². The van der Waals surface area contributed by atoms with Crippen molar-refractivity contribution < 1.29 is 19.1 Å². The van der Waals surface area contributed by atoms with E-state index in [0.29, 0.717) is 11.3 Å². The van der Waals surface area contributed by atoms with Gasteiger partial charge >= 0.3 is 5.97 Å². The maximum absolute atomic E-state index is 13.2. The van der Waals surface area contributed by atoms with Crippen molar-refractivity contribution in [3.8, 4) is 0 Å². The minimum Gasteiger partial charge on any atom is -0.481 e.